The average molecular weight is 274 g/mol. The molecule has 2 amide bonds. The molecule has 1 aromatic carbocycles. The van der Waals surface area contributed by atoms with Crippen molar-refractivity contribution in [2.75, 3.05) is 7.11 Å². The van der Waals surface area contributed by atoms with Crippen molar-refractivity contribution < 1.29 is 9.53 Å². The van der Waals surface area contributed by atoms with Crippen molar-refractivity contribution in [3.05, 3.63) is 35.4 Å². The van der Waals surface area contributed by atoms with Crippen LogP contribution in [0.5, 0.6) is 0 Å². The van der Waals surface area contributed by atoms with Crippen LogP contribution in [0, 0.1) is 0 Å². The summed E-state index contributed by atoms with van der Waals surface area (Å²) in [6.07, 6.45) is 4.50. The molecule has 20 heavy (non-hydrogen) atoms. The van der Waals surface area contributed by atoms with E-state index in [9.17, 15) is 4.79 Å². The molecule has 0 bridgehead atoms. The van der Waals surface area contributed by atoms with Gasteiger partial charge in [0.15, 0.2) is 0 Å². The molecule has 1 aliphatic heterocycles. The van der Waals surface area contributed by atoms with Crippen LogP contribution < -0.4 is 5.32 Å². The minimum atomic E-state index is 0.0714. The zero-order chi connectivity index (χ0) is 13.9. The SMILES string of the molecule is COC1CCC(NC(=O)N2Cc3ccccc3C2)CC1. The van der Waals surface area contributed by atoms with Crippen molar-refractivity contribution in [3.8, 4) is 0 Å². The van der Waals surface area contributed by atoms with E-state index in [-0.39, 0.29) is 6.03 Å². The molecular formula is C16H22N2O2. The molecule has 108 valence electrons. The van der Waals surface area contributed by atoms with E-state index >= 15 is 0 Å². The number of rotatable bonds is 2. The van der Waals surface area contributed by atoms with Crippen molar-refractivity contribution in [1.29, 1.82) is 0 Å². The van der Waals surface area contributed by atoms with Gasteiger partial charge in [0.1, 0.15) is 0 Å². The van der Waals surface area contributed by atoms with E-state index in [0.717, 1.165) is 38.8 Å². The molecule has 1 fully saturated rings. The molecule has 0 spiro atoms. The van der Waals surface area contributed by atoms with Gasteiger partial charge in [-0.3, -0.25) is 0 Å². The lowest BCUT2D eigenvalue weighted by Gasteiger charge is -2.29. The number of amides is 2. The van der Waals surface area contributed by atoms with Gasteiger partial charge in [0.05, 0.1) is 6.10 Å². The number of benzene rings is 1. The number of fused-ring (bicyclic) bond motifs is 1. The van der Waals surface area contributed by atoms with Gasteiger partial charge in [-0.25, -0.2) is 4.79 Å². The fourth-order valence-corrected chi connectivity index (χ4v) is 3.19. The van der Waals surface area contributed by atoms with Gasteiger partial charge in [-0.05, 0) is 36.8 Å². The molecule has 0 saturated heterocycles. The maximum absolute atomic E-state index is 12.3. The molecule has 1 aliphatic carbocycles. The topological polar surface area (TPSA) is 41.6 Å². The number of carbonyl (C=O) groups excluding carboxylic acids is 1. The van der Waals surface area contributed by atoms with E-state index < -0.39 is 0 Å². The van der Waals surface area contributed by atoms with E-state index in [1.54, 1.807) is 7.11 Å². The van der Waals surface area contributed by atoms with Gasteiger partial charge in [-0.2, -0.15) is 0 Å². The molecule has 1 aromatic rings. The van der Waals surface area contributed by atoms with Crippen LogP contribution in [-0.2, 0) is 17.8 Å². The van der Waals surface area contributed by atoms with Crippen LogP contribution in [0.1, 0.15) is 36.8 Å². The van der Waals surface area contributed by atoms with E-state index in [1.807, 2.05) is 17.0 Å². The van der Waals surface area contributed by atoms with Gasteiger partial charge in [-0.1, -0.05) is 24.3 Å². The second-order valence-electron chi connectivity index (χ2n) is 5.78. The monoisotopic (exact) mass is 274 g/mol. The van der Waals surface area contributed by atoms with Crippen LogP contribution in [-0.4, -0.2) is 30.2 Å². The number of hydrogen-bond acceptors (Lipinski definition) is 2. The highest BCUT2D eigenvalue weighted by atomic mass is 16.5. The summed E-state index contributed by atoms with van der Waals surface area (Å²) in [4.78, 5) is 14.2. The summed E-state index contributed by atoms with van der Waals surface area (Å²) in [5.74, 6) is 0. The Morgan fingerprint density at radius 2 is 1.75 bits per heavy atom. The molecule has 4 heteroatoms. The van der Waals surface area contributed by atoms with Crippen molar-refractivity contribution in [1.82, 2.24) is 10.2 Å². The molecular weight excluding hydrogens is 252 g/mol. The Hall–Kier alpha value is -1.55. The molecule has 1 saturated carbocycles. The Kier molecular flexibility index (Phi) is 3.92. The van der Waals surface area contributed by atoms with Gasteiger partial charge in [0, 0.05) is 26.2 Å². The smallest absolute Gasteiger partial charge is 0.318 e. The van der Waals surface area contributed by atoms with Crippen LogP contribution in [0.4, 0.5) is 4.79 Å². The molecule has 2 aliphatic rings. The first-order chi connectivity index (χ1) is 9.76. The Bertz CT molecular complexity index is 456. The third-order valence-electron chi connectivity index (χ3n) is 4.46. The Morgan fingerprint density at radius 1 is 1.15 bits per heavy atom. The first-order valence-corrected chi connectivity index (χ1v) is 7.41. The summed E-state index contributed by atoms with van der Waals surface area (Å²) < 4.78 is 5.36. The van der Waals surface area contributed by atoms with Gasteiger partial charge < -0.3 is 15.0 Å². The summed E-state index contributed by atoms with van der Waals surface area (Å²) in [5, 5.41) is 3.17. The van der Waals surface area contributed by atoms with Gasteiger partial charge >= 0.3 is 6.03 Å². The van der Waals surface area contributed by atoms with Gasteiger partial charge in [-0.15, -0.1) is 0 Å². The van der Waals surface area contributed by atoms with Crippen LogP contribution >= 0.6 is 0 Å². The van der Waals surface area contributed by atoms with Crippen molar-refractivity contribution >= 4 is 6.03 Å². The lowest BCUT2D eigenvalue weighted by atomic mass is 9.93. The third kappa shape index (κ3) is 2.80. The first kappa shape index (κ1) is 13.4. The Morgan fingerprint density at radius 3 is 2.30 bits per heavy atom. The highest BCUT2D eigenvalue weighted by Crippen LogP contribution is 2.24. The van der Waals surface area contributed by atoms with Crippen LogP contribution in [0.15, 0.2) is 24.3 Å². The van der Waals surface area contributed by atoms with E-state index in [2.05, 4.69) is 17.4 Å². The minimum absolute atomic E-state index is 0.0714. The average Bonchev–Trinajstić information content (AvgIpc) is 2.92. The quantitative estimate of drug-likeness (QED) is 0.901. The summed E-state index contributed by atoms with van der Waals surface area (Å²) in [6, 6.07) is 8.65. The maximum atomic E-state index is 12.3. The number of hydrogen-bond donors (Lipinski definition) is 1. The standard InChI is InChI=1S/C16H22N2O2/c1-20-15-8-6-14(7-9-15)17-16(19)18-10-12-4-2-3-5-13(12)11-18/h2-5,14-15H,6-11H2,1H3,(H,17,19). The van der Waals surface area contributed by atoms with E-state index in [0.29, 0.717) is 12.1 Å². The fourth-order valence-electron chi connectivity index (χ4n) is 3.19. The summed E-state index contributed by atoms with van der Waals surface area (Å²) >= 11 is 0. The van der Waals surface area contributed by atoms with Gasteiger partial charge in [0.25, 0.3) is 0 Å². The maximum Gasteiger partial charge on any atom is 0.318 e. The number of nitrogens with zero attached hydrogens (tertiary/aromatic N) is 1. The highest BCUT2D eigenvalue weighted by Gasteiger charge is 2.27. The minimum Gasteiger partial charge on any atom is -0.381 e. The van der Waals surface area contributed by atoms with E-state index in [1.165, 1.54) is 11.1 Å². The second-order valence-corrected chi connectivity index (χ2v) is 5.78. The first-order valence-electron chi connectivity index (χ1n) is 7.41. The molecule has 0 unspecified atom stereocenters. The number of nitrogens with one attached hydrogen (secondary N) is 1. The lowest BCUT2D eigenvalue weighted by Crippen LogP contribution is -2.44. The predicted molar refractivity (Wildman–Crippen MR) is 77.3 cm³/mol. The third-order valence-corrected chi connectivity index (χ3v) is 4.46. The molecule has 4 nitrogen and oxygen atoms in total. The second kappa shape index (κ2) is 5.83. The molecule has 3 rings (SSSR count). The largest absolute Gasteiger partial charge is 0.381 e. The lowest BCUT2D eigenvalue weighted by molar-refractivity contribution is 0.0627. The number of methoxy groups -OCH3 is 1. The molecule has 0 radical (unpaired) electrons. The molecule has 0 atom stereocenters. The predicted octanol–water partition coefficient (Wildman–Crippen LogP) is 2.67. The van der Waals surface area contributed by atoms with Gasteiger partial charge in [0.2, 0.25) is 0 Å². The van der Waals surface area contributed by atoms with Crippen LogP contribution in [0.3, 0.4) is 0 Å². The highest BCUT2D eigenvalue weighted by molar-refractivity contribution is 5.75. The van der Waals surface area contributed by atoms with Crippen LogP contribution in [0.2, 0.25) is 0 Å². The normalized spacial score (nSPS) is 25.4. The van der Waals surface area contributed by atoms with Crippen molar-refractivity contribution in [2.24, 2.45) is 0 Å². The summed E-state index contributed by atoms with van der Waals surface area (Å²) in [6.45, 7) is 1.46. The molecule has 1 heterocycles. The zero-order valence-electron chi connectivity index (χ0n) is 12.0. The summed E-state index contributed by atoms with van der Waals surface area (Å²) in [7, 11) is 1.77. The number of carbonyl (C=O) groups is 1. The van der Waals surface area contributed by atoms with Crippen molar-refractivity contribution in [2.45, 2.75) is 50.9 Å². The summed E-state index contributed by atoms with van der Waals surface area (Å²) in [5.41, 5.74) is 2.54. The van der Waals surface area contributed by atoms with Crippen LogP contribution in [0.25, 0.3) is 0 Å². The molecule has 1 N–H and O–H groups in total. The number of urea groups is 1. The Labute approximate surface area is 120 Å². The zero-order valence-corrected chi connectivity index (χ0v) is 12.0. The number of ether oxygens (including phenoxy) is 1. The molecule has 0 aromatic heterocycles. The van der Waals surface area contributed by atoms with Crippen molar-refractivity contribution in [3.63, 3.8) is 0 Å². The fraction of sp³-hybridized carbons (Fsp3) is 0.562. The Balaban J connectivity index is 1.52. The van der Waals surface area contributed by atoms with E-state index in [4.69, 9.17) is 4.74 Å².